The van der Waals surface area contributed by atoms with E-state index in [1.807, 2.05) is 6.07 Å². The van der Waals surface area contributed by atoms with E-state index < -0.39 is 0 Å². The number of fused-ring (bicyclic) bond motifs is 1. The second-order valence-electron chi connectivity index (χ2n) is 2.39. The van der Waals surface area contributed by atoms with Crippen molar-refractivity contribution in [3.63, 3.8) is 0 Å². The Kier molecular flexibility index (Phi) is 1.91. The SMILES string of the molecule is Clc1cc(Cl)c2cc[c]nc2c1. The van der Waals surface area contributed by atoms with Crippen molar-refractivity contribution < 1.29 is 0 Å². The standard InChI is InChI=1S/C9H4Cl2N/c10-6-4-8(11)7-2-1-3-12-9(7)5-6/h1-2,4-5H. The van der Waals surface area contributed by atoms with Gasteiger partial charge in [-0.05, 0) is 24.3 Å². The highest BCUT2D eigenvalue weighted by Gasteiger charge is 2.00. The first-order valence-corrected chi connectivity index (χ1v) is 4.15. The molecule has 0 saturated carbocycles. The fourth-order valence-corrected chi connectivity index (χ4v) is 1.60. The molecule has 59 valence electrons. The van der Waals surface area contributed by atoms with Crippen molar-refractivity contribution in [3.8, 4) is 0 Å². The van der Waals surface area contributed by atoms with Crippen LogP contribution < -0.4 is 0 Å². The zero-order valence-corrected chi connectivity index (χ0v) is 7.52. The van der Waals surface area contributed by atoms with Gasteiger partial charge in [0.05, 0.1) is 16.7 Å². The maximum absolute atomic E-state index is 5.92. The van der Waals surface area contributed by atoms with Crippen LogP contribution in [0, 0.1) is 6.20 Å². The number of rotatable bonds is 0. The summed E-state index contributed by atoms with van der Waals surface area (Å²) in [5.74, 6) is 0. The second kappa shape index (κ2) is 2.92. The summed E-state index contributed by atoms with van der Waals surface area (Å²) in [6.07, 6.45) is 2.72. The summed E-state index contributed by atoms with van der Waals surface area (Å²) in [5, 5.41) is 2.12. The van der Waals surface area contributed by atoms with Gasteiger partial charge in [0, 0.05) is 10.4 Å². The number of halogens is 2. The van der Waals surface area contributed by atoms with Gasteiger partial charge in [0.1, 0.15) is 0 Å². The molecule has 1 aromatic heterocycles. The minimum atomic E-state index is 0.597. The van der Waals surface area contributed by atoms with Crippen LogP contribution in [0.4, 0.5) is 0 Å². The van der Waals surface area contributed by atoms with Crippen molar-refractivity contribution in [1.82, 2.24) is 4.98 Å². The predicted octanol–water partition coefficient (Wildman–Crippen LogP) is 3.34. The molecule has 0 bridgehead atoms. The highest BCUT2D eigenvalue weighted by Crippen LogP contribution is 2.25. The molecule has 0 aliphatic carbocycles. The second-order valence-corrected chi connectivity index (χ2v) is 3.24. The van der Waals surface area contributed by atoms with E-state index in [0.29, 0.717) is 10.0 Å². The predicted molar refractivity (Wildman–Crippen MR) is 50.6 cm³/mol. The Morgan fingerprint density at radius 2 is 2.08 bits per heavy atom. The van der Waals surface area contributed by atoms with Crippen LogP contribution >= 0.6 is 23.2 Å². The van der Waals surface area contributed by atoms with E-state index in [4.69, 9.17) is 23.2 Å². The lowest BCUT2D eigenvalue weighted by Gasteiger charge is -1.98. The third-order valence-electron chi connectivity index (χ3n) is 1.58. The molecule has 0 saturated heterocycles. The number of pyridine rings is 1. The van der Waals surface area contributed by atoms with Crippen LogP contribution in [-0.4, -0.2) is 4.98 Å². The Labute approximate surface area is 79.9 Å². The van der Waals surface area contributed by atoms with E-state index in [-0.39, 0.29) is 0 Å². The van der Waals surface area contributed by atoms with Crippen LogP contribution in [0.3, 0.4) is 0 Å². The molecular weight excluding hydrogens is 193 g/mol. The van der Waals surface area contributed by atoms with Crippen LogP contribution in [0.15, 0.2) is 24.3 Å². The molecule has 2 rings (SSSR count). The van der Waals surface area contributed by atoms with Gasteiger partial charge in [0.2, 0.25) is 0 Å². The molecule has 2 aromatic rings. The Morgan fingerprint density at radius 3 is 2.92 bits per heavy atom. The Hall–Kier alpha value is -0.790. The van der Waals surface area contributed by atoms with Crippen LogP contribution in [-0.2, 0) is 0 Å². The van der Waals surface area contributed by atoms with Gasteiger partial charge < -0.3 is 0 Å². The summed E-state index contributed by atoms with van der Waals surface area (Å²) in [5.41, 5.74) is 0.773. The number of benzene rings is 1. The average Bonchev–Trinajstić information content (AvgIpc) is 2.04. The van der Waals surface area contributed by atoms with E-state index in [1.165, 1.54) is 0 Å². The van der Waals surface area contributed by atoms with Crippen LogP contribution in [0.1, 0.15) is 0 Å². The zero-order chi connectivity index (χ0) is 8.55. The average molecular weight is 197 g/mol. The summed E-state index contributed by atoms with van der Waals surface area (Å²) in [4.78, 5) is 4.01. The van der Waals surface area contributed by atoms with E-state index in [2.05, 4.69) is 11.2 Å². The molecule has 0 spiro atoms. The smallest absolute Gasteiger partial charge is 0.0894 e. The van der Waals surface area contributed by atoms with Crippen molar-refractivity contribution in [2.75, 3.05) is 0 Å². The molecule has 1 radical (unpaired) electrons. The molecule has 0 N–H and O–H groups in total. The molecule has 0 fully saturated rings. The fraction of sp³-hybridized carbons (Fsp3) is 0. The molecule has 1 aromatic carbocycles. The minimum absolute atomic E-state index is 0.597. The van der Waals surface area contributed by atoms with Gasteiger partial charge in [-0.1, -0.05) is 23.2 Å². The van der Waals surface area contributed by atoms with Crippen molar-refractivity contribution in [1.29, 1.82) is 0 Å². The topological polar surface area (TPSA) is 12.9 Å². The van der Waals surface area contributed by atoms with Crippen LogP contribution in [0.2, 0.25) is 10.0 Å². The van der Waals surface area contributed by atoms with E-state index >= 15 is 0 Å². The molecule has 12 heavy (non-hydrogen) atoms. The number of hydrogen-bond acceptors (Lipinski definition) is 1. The fourth-order valence-electron chi connectivity index (χ4n) is 1.06. The summed E-state index contributed by atoms with van der Waals surface area (Å²) in [6, 6.07) is 7.05. The quantitative estimate of drug-likeness (QED) is 0.631. The largest absolute Gasteiger partial charge is 0.246 e. The Balaban J connectivity index is 2.89. The molecule has 0 unspecified atom stereocenters. The third kappa shape index (κ3) is 1.26. The minimum Gasteiger partial charge on any atom is -0.246 e. The van der Waals surface area contributed by atoms with Gasteiger partial charge in [-0.2, -0.15) is 0 Å². The number of hydrogen-bond donors (Lipinski definition) is 0. The lowest BCUT2D eigenvalue weighted by atomic mass is 10.2. The molecular formula is C9H4Cl2N. The van der Waals surface area contributed by atoms with Crippen molar-refractivity contribution in [2.24, 2.45) is 0 Å². The van der Waals surface area contributed by atoms with Crippen LogP contribution in [0.5, 0.6) is 0 Å². The molecule has 1 heterocycles. The first-order valence-electron chi connectivity index (χ1n) is 3.39. The normalized spacial score (nSPS) is 10.5. The molecule has 0 aliphatic rings. The maximum Gasteiger partial charge on any atom is 0.0894 e. The van der Waals surface area contributed by atoms with Gasteiger partial charge >= 0.3 is 0 Å². The number of aromatic nitrogens is 1. The first-order chi connectivity index (χ1) is 5.77. The third-order valence-corrected chi connectivity index (χ3v) is 2.11. The van der Waals surface area contributed by atoms with Gasteiger partial charge in [-0.3, -0.25) is 0 Å². The van der Waals surface area contributed by atoms with Crippen molar-refractivity contribution in [2.45, 2.75) is 0 Å². The summed E-state index contributed by atoms with van der Waals surface area (Å²) in [7, 11) is 0. The van der Waals surface area contributed by atoms with E-state index in [1.54, 1.807) is 18.2 Å². The zero-order valence-electron chi connectivity index (χ0n) is 6.01. The summed E-state index contributed by atoms with van der Waals surface area (Å²) < 4.78 is 0. The van der Waals surface area contributed by atoms with Gasteiger partial charge in [0.15, 0.2) is 0 Å². The van der Waals surface area contributed by atoms with E-state index in [0.717, 1.165) is 10.9 Å². The number of nitrogens with zero attached hydrogens (tertiary/aromatic N) is 1. The molecule has 3 heteroatoms. The van der Waals surface area contributed by atoms with Gasteiger partial charge in [0.25, 0.3) is 0 Å². The van der Waals surface area contributed by atoms with Gasteiger partial charge in [-0.15, -0.1) is 0 Å². The lowest BCUT2D eigenvalue weighted by molar-refractivity contribution is 1.39. The van der Waals surface area contributed by atoms with Gasteiger partial charge in [-0.25, -0.2) is 4.98 Å². The Bertz CT molecular complexity index is 426. The Morgan fingerprint density at radius 1 is 1.25 bits per heavy atom. The highest BCUT2D eigenvalue weighted by atomic mass is 35.5. The molecule has 1 nitrogen and oxygen atoms in total. The van der Waals surface area contributed by atoms with Crippen molar-refractivity contribution >= 4 is 34.1 Å². The van der Waals surface area contributed by atoms with E-state index in [9.17, 15) is 0 Å². The summed E-state index contributed by atoms with van der Waals surface area (Å²) in [6.45, 7) is 0. The van der Waals surface area contributed by atoms with Crippen LogP contribution in [0.25, 0.3) is 10.9 Å². The molecule has 0 aliphatic heterocycles. The monoisotopic (exact) mass is 196 g/mol. The summed E-state index contributed by atoms with van der Waals surface area (Å²) >= 11 is 11.7. The molecule has 0 amide bonds. The lowest BCUT2D eigenvalue weighted by Crippen LogP contribution is -1.78. The highest BCUT2D eigenvalue weighted by molar-refractivity contribution is 6.38. The maximum atomic E-state index is 5.92. The van der Waals surface area contributed by atoms with Crippen molar-refractivity contribution in [3.05, 3.63) is 40.5 Å². The molecule has 0 atom stereocenters. The first kappa shape index (κ1) is 7.84.